The van der Waals surface area contributed by atoms with Gasteiger partial charge in [-0.3, -0.25) is 5.32 Å². The zero-order chi connectivity index (χ0) is 23.3. The molecule has 184 valence electrons. The first-order valence-corrected chi connectivity index (χ1v) is 14.4. The van der Waals surface area contributed by atoms with Gasteiger partial charge in [0.2, 0.25) is 0 Å². The minimum absolute atomic E-state index is 0.127. The lowest BCUT2D eigenvalue weighted by molar-refractivity contribution is 0.222. The van der Waals surface area contributed by atoms with Gasteiger partial charge in [0, 0.05) is 18.3 Å². The maximum atomic E-state index is 10.3. The monoisotopic (exact) mass is 491 g/mol. The molecule has 1 aromatic rings. The number of nitrogens with zero attached hydrogens (tertiary/aromatic N) is 4. The van der Waals surface area contributed by atoms with Gasteiger partial charge in [-0.25, -0.2) is 4.99 Å². The molecule has 8 nitrogen and oxygen atoms in total. The van der Waals surface area contributed by atoms with Gasteiger partial charge in [-0.1, -0.05) is 23.8 Å². The van der Waals surface area contributed by atoms with Crippen molar-refractivity contribution in [1.82, 2.24) is 25.7 Å². The number of aryl methyl sites for hydroxylation is 1. The van der Waals surface area contributed by atoms with Crippen molar-refractivity contribution >= 4 is 22.7 Å². The molecule has 5 saturated carbocycles. The number of allylic oxidation sites excluding steroid dienone is 1. The third-order valence-electron chi connectivity index (χ3n) is 11.1. The van der Waals surface area contributed by atoms with E-state index in [1.807, 2.05) is 13.1 Å². The van der Waals surface area contributed by atoms with Gasteiger partial charge >= 0.3 is 0 Å². The summed E-state index contributed by atoms with van der Waals surface area (Å²) in [6.07, 6.45) is 12.5. The molecule has 1 saturated heterocycles. The first-order chi connectivity index (χ1) is 17.0. The second-order valence-corrected chi connectivity index (χ2v) is 13.6. The predicted octanol–water partition coefficient (Wildman–Crippen LogP) is 1.94. The minimum Gasteiger partial charge on any atom is -0.374 e. The molecule has 0 bridgehead atoms. The van der Waals surface area contributed by atoms with Gasteiger partial charge in [-0.05, 0) is 85.5 Å². The van der Waals surface area contributed by atoms with Crippen LogP contribution in [0.15, 0.2) is 22.8 Å². The van der Waals surface area contributed by atoms with E-state index in [1.165, 1.54) is 31.3 Å². The molecule has 2 spiro atoms. The standard InChI is InChI=1S/C26H33N7OS/c1-11-31-32-24(35-11)12-5-7-13(8-6-12)28-21-14(20(27)34)10-33-22(23(33)30-21)29-19-18-16-4-2-3-15-17-9-25(15,17)26(16,18)19/h5,10,13,15-20,22-23,29,34H,2-4,6-9,27H2,1H3,(H,28,30)/t13?,15?,16?,17?,18?,19?,20?,22?,23?,25?,26-,33?/m1/s1. The molecule has 6 fully saturated rings. The highest BCUT2D eigenvalue weighted by atomic mass is 32.1. The molecule has 10 unspecified atom stereocenters. The summed E-state index contributed by atoms with van der Waals surface area (Å²) in [5, 5.41) is 28.5. The maximum absolute atomic E-state index is 10.3. The summed E-state index contributed by atoms with van der Waals surface area (Å²) >= 11 is 1.66. The fraction of sp³-hybridized carbons (Fsp3) is 0.731. The van der Waals surface area contributed by atoms with E-state index in [2.05, 4.69) is 31.8 Å². The molecule has 6 aliphatic carbocycles. The Bertz CT molecular complexity index is 1240. The molecule has 9 heteroatoms. The zero-order valence-electron chi connectivity index (χ0n) is 20.0. The van der Waals surface area contributed by atoms with E-state index < -0.39 is 6.23 Å². The molecule has 0 radical (unpaired) electrons. The Kier molecular flexibility index (Phi) is 3.68. The largest absolute Gasteiger partial charge is 0.374 e. The van der Waals surface area contributed by atoms with Crippen LogP contribution in [-0.4, -0.2) is 56.7 Å². The molecule has 2 aliphatic heterocycles. The number of aromatic nitrogens is 2. The summed E-state index contributed by atoms with van der Waals surface area (Å²) in [7, 11) is 0. The highest BCUT2D eigenvalue weighted by molar-refractivity contribution is 7.12. The third kappa shape index (κ3) is 2.46. The Morgan fingerprint density at radius 3 is 2.86 bits per heavy atom. The number of fused-ring (bicyclic) bond motifs is 3. The number of rotatable bonds is 5. The summed E-state index contributed by atoms with van der Waals surface area (Å²) in [5.74, 6) is 4.87. The van der Waals surface area contributed by atoms with Crippen molar-refractivity contribution in [2.45, 2.75) is 82.5 Å². The SMILES string of the molecule is Cc1nnc(C2=CCC(NC3=NC4C(NC5C6C7CCCC8C9CC89[C@@]756)N4C=C3C(N)O)CC2)s1. The summed E-state index contributed by atoms with van der Waals surface area (Å²) < 4.78 is 0. The lowest BCUT2D eigenvalue weighted by Crippen LogP contribution is -2.42. The predicted molar refractivity (Wildman–Crippen MR) is 133 cm³/mol. The van der Waals surface area contributed by atoms with Crippen LogP contribution in [0.1, 0.15) is 55.0 Å². The zero-order valence-corrected chi connectivity index (χ0v) is 20.8. The Hall–Kier alpha value is -1.81. The third-order valence-corrected chi connectivity index (χ3v) is 12.0. The highest BCUT2D eigenvalue weighted by Gasteiger charge is 3.03. The van der Waals surface area contributed by atoms with E-state index in [1.54, 1.807) is 11.3 Å². The molecule has 11 atom stereocenters. The molecule has 0 aromatic carbocycles. The molecule has 3 heterocycles. The second-order valence-electron chi connectivity index (χ2n) is 12.4. The molecule has 35 heavy (non-hydrogen) atoms. The first kappa shape index (κ1) is 20.3. The lowest BCUT2D eigenvalue weighted by Gasteiger charge is -2.26. The molecule has 1 aromatic heterocycles. The molecule has 0 amide bonds. The van der Waals surface area contributed by atoms with E-state index in [4.69, 9.17) is 10.7 Å². The first-order valence-electron chi connectivity index (χ1n) is 13.6. The lowest BCUT2D eigenvalue weighted by atomic mass is 9.89. The van der Waals surface area contributed by atoms with Crippen LogP contribution in [0.25, 0.3) is 5.57 Å². The summed E-state index contributed by atoms with van der Waals surface area (Å²) in [4.78, 5) is 7.28. The Labute approximate surface area is 209 Å². The van der Waals surface area contributed by atoms with Crippen LogP contribution in [0.3, 0.4) is 0 Å². The van der Waals surface area contributed by atoms with Crippen molar-refractivity contribution in [2.75, 3.05) is 0 Å². The van der Waals surface area contributed by atoms with Crippen molar-refractivity contribution in [2.24, 2.45) is 45.2 Å². The fourth-order valence-electron chi connectivity index (χ4n) is 9.20. The number of aliphatic hydroxyl groups is 1. The second kappa shape index (κ2) is 6.36. The maximum Gasteiger partial charge on any atom is 0.158 e. The molecular weight excluding hydrogens is 458 g/mol. The number of amidine groups is 1. The number of aliphatic imine (C=N–C) groups is 1. The van der Waals surface area contributed by atoms with Crippen LogP contribution in [0, 0.1) is 41.4 Å². The molecular formula is C26H33N7OS. The smallest absolute Gasteiger partial charge is 0.158 e. The molecule has 8 aliphatic rings. The summed E-state index contributed by atoms with van der Waals surface area (Å²) in [5.41, 5.74) is 9.39. The van der Waals surface area contributed by atoms with Crippen LogP contribution < -0.4 is 16.4 Å². The van der Waals surface area contributed by atoms with Gasteiger partial charge in [0.1, 0.15) is 28.2 Å². The molecule has 9 rings (SSSR count). The van der Waals surface area contributed by atoms with Crippen LogP contribution in [-0.2, 0) is 0 Å². The van der Waals surface area contributed by atoms with Gasteiger partial charge in [-0.15, -0.1) is 10.2 Å². The van der Waals surface area contributed by atoms with Crippen LogP contribution in [0.5, 0.6) is 0 Å². The van der Waals surface area contributed by atoms with Crippen molar-refractivity contribution in [3.63, 3.8) is 0 Å². The van der Waals surface area contributed by atoms with Gasteiger partial charge in [-0.2, -0.15) is 0 Å². The number of nitrogens with one attached hydrogen (secondary N) is 2. The van der Waals surface area contributed by atoms with Gasteiger partial charge in [0.25, 0.3) is 0 Å². The van der Waals surface area contributed by atoms with E-state index in [0.717, 1.165) is 64.2 Å². The van der Waals surface area contributed by atoms with Crippen molar-refractivity contribution in [3.05, 3.63) is 27.9 Å². The quantitative estimate of drug-likeness (QED) is 0.368. The van der Waals surface area contributed by atoms with E-state index in [0.29, 0.717) is 17.0 Å². The Morgan fingerprint density at radius 1 is 1.23 bits per heavy atom. The Balaban J connectivity index is 0.889. The van der Waals surface area contributed by atoms with Gasteiger partial charge in [0.15, 0.2) is 6.17 Å². The van der Waals surface area contributed by atoms with E-state index >= 15 is 0 Å². The Morgan fingerprint density at radius 2 is 2.11 bits per heavy atom. The van der Waals surface area contributed by atoms with E-state index in [-0.39, 0.29) is 18.4 Å². The highest BCUT2D eigenvalue weighted by Crippen LogP contribution is 3.04. The topological polar surface area (TPSA) is 111 Å². The van der Waals surface area contributed by atoms with Crippen LogP contribution in [0.2, 0.25) is 0 Å². The fourth-order valence-corrected chi connectivity index (χ4v) is 9.96. The number of aliphatic hydroxyl groups excluding tert-OH is 1. The van der Waals surface area contributed by atoms with Gasteiger partial charge in [0.05, 0.1) is 5.57 Å². The normalized spacial score (nSPS) is 50.0. The number of hydrogen-bond acceptors (Lipinski definition) is 9. The van der Waals surface area contributed by atoms with Crippen LogP contribution >= 0.6 is 11.3 Å². The minimum atomic E-state index is -1.03. The summed E-state index contributed by atoms with van der Waals surface area (Å²) in [6, 6.07) is 0.984. The number of nitrogens with two attached hydrogens (primary N) is 1. The van der Waals surface area contributed by atoms with Crippen LogP contribution in [0.4, 0.5) is 0 Å². The van der Waals surface area contributed by atoms with E-state index in [9.17, 15) is 5.11 Å². The average Bonchev–Trinajstić information content (AvgIpc) is 3.68. The molecule has 5 N–H and O–H groups in total. The van der Waals surface area contributed by atoms with Gasteiger partial charge < -0.3 is 21.1 Å². The summed E-state index contributed by atoms with van der Waals surface area (Å²) in [6.45, 7) is 2.00. The number of hydrogen-bond donors (Lipinski definition) is 4. The van der Waals surface area contributed by atoms with Crippen molar-refractivity contribution in [3.8, 4) is 0 Å². The van der Waals surface area contributed by atoms with Crippen molar-refractivity contribution in [1.29, 1.82) is 0 Å². The van der Waals surface area contributed by atoms with Crippen molar-refractivity contribution < 1.29 is 5.11 Å². The average molecular weight is 492 g/mol.